The Bertz CT molecular complexity index is 1090. The van der Waals surface area contributed by atoms with Crippen LogP contribution in [0.4, 0.5) is 0 Å². The van der Waals surface area contributed by atoms with E-state index >= 15 is 0 Å². The summed E-state index contributed by atoms with van der Waals surface area (Å²) in [7, 11) is 0. The van der Waals surface area contributed by atoms with E-state index in [1.54, 1.807) is 0 Å². The van der Waals surface area contributed by atoms with E-state index in [4.69, 9.17) is 16.6 Å². The zero-order chi connectivity index (χ0) is 20.9. The lowest BCUT2D eigenvalue weighted by molar-refractivity contribution is 0.653. The molecular formula is C23H24ClN5S. The molecule has 0 atom stereocenters. The molecule has 154 valence electrons. The van der Waals surface area contributed by atoms with E-state index in [1.807, 2.05) is 42.1 Å². The maximum Gasteiger partial charge on any atom is 0.159 e. The Morgan fingerprint density at radius 1 is 1.20 bits per heavy atom. The van der Waals surface area contributed by atoms with Crippen LogP contribution in [0.15, 0.2) is 65.0 Å². The molecule has 0 unspecified atom stereocenters. The molecule has 5 nitrogen and oxygen atoms in total. The first kappa shape index (κ1) is 20.8. The van der Waals surface area contributed by atoms with Crippen LogP contribution in [-0.4, -0.2) is 32.8 Å². The van der Waals surface area contributed by atoms with Gasteiger partial charge in [-0.1, -0.05) is 42.8 Å². The molecule has 1 aliphatic heterocycles. The van der Waals surface area contributed by atoms with Gasteiger partial charge in [0.05, 0.1) is 17.9 Å². The summed E-state index contributed by atoms with van der Waals surface area (Å²) < 4.78 is 2.14. The Labute approximate surface area is 186 Å². The molecule has 30 heavy (non-hydrogen) atoms. The van der Waals surface area contributed by atoms with Crippen molar-refractivity contribution >= 4 is 29.1 Å². The minimum absolute atomic E-state index is 0.450. The molecule has 0 bridgehead atoms. The number of nitrogens with one attached hydrogen (secondary N) is 1. The van der Waals surface area contributed by atoms with Crippen molar-refractivity contribution in [2.45, 2.75) is 31.3 Å². The molecule has 0 saturated heterocycles. The fourth-order valence-corrected chi connectivity index (χ4v) is 4.44. The van der Waals surface area contributed by atoms with E-state index in [-0.39, 0.29) is 0 Å². The first-order valence-corrected chi connectivity index (χ1v) is 11.4. The third-order valence-electron chi connectivity index (χ3n) is 4.89. The van der Waals surface area contributed by atoms with Crippen LogP contribution in [0.5, 0.6) is 0 Å². The Hall–Kier alpha value is -2.41. The van der Waals surface area contributed by atoms with Gasteiger partial charge < -0.3 is 5.32 Å². The predicted octanol–water partition coefficient (Wildman–Crippen LogP) is 5.05. The largest absolute Gasteiger partial charge is 0.310 e. The van der Waals surface area contributed by atoms with E-state index in [2.05, 4.69) is 51.8 Å². The van der Waals surface area contributed by atoms with Crippen molar-refractivity contribution in [1.82, 2.24) is 20.1 Å². The number of rotatable bonds is 8. The number of thioether (sulfide) groups is 1. The minimum atomic E-state index is 0.450. The highest BCUT2D eigenvalue weighted by Gasteiger charge is 2.24. The standard InChI is InChI=1S/C23H24ClN5S/c1-3-5-12-25-14-21-27-28-22-15-26-23(17-8-6-7-9-19(17)24)18-11-10-16(30-4-2)13-20(18)29(21)22/h3,6-11,13,25H,1,4-5,12,14-15H2,2H3. The van der Waals surface area contributed by atoms with E-state index in [9.17, 15) is 0 Å². The van der Waals surface area contributed by atoms with Crippen LogP contribution in [0.2, 0.25) is 5.02 Å². The maximum absolute atomic E-state index is 6.54. The maximum atomic E-state index is 6.54. The number of nitrogens with zero attached hydrogens (tertiary/aromatic N) is 4. The topological polar surface area (TPSA) is 55.1 Å². The first-order chi connectivity index (χ1) is 14.7. The summed E-state index contributed by atoms with van der Waals surface area (Å²) in [5, 5.41) is 13.0. The molecule has 0 radical (unpaired) electrons. The Morgan fingerprint density at radius 3 is 2.87 bits per heavy atom. The molecule has 0 aliphatic carbocycles. The Morgan fingerprint density at radius 2 is 2.07 bits per heavy atom. The van der Waals surface area contributed by atoms with Gasteiger partial charge in [-0.3, -0.25) is 9.56 Å². The van der Waals surface area contributed by atoms with E-state index < -0.39 is 0 Å². The van der Waals surface area contributed by atoms with Gasteiger partial charge in [-0.25, -0.2) is 0 Å². The second-order valence-corrected chi connectivity index (χ2v) is 8.62. The van der Waals surface area contributed by atoms with Crippen LogP contribution in [-0.2, 0) is 13.1 Å². The van der Waals surface area contributed by atoms with E-state index in [1.165, 1.54) is 4.90 Å². The molecule has 4 rings (SSSR count). The van der Waals surface area contributed by atoms with Crippen LogP contribution in [0.25, 0.3) is 5.69 Å². The molecule has 0 saturated carbocycles. The zero-order valence-electron chi connectivity index (χ0n) is 16.9. The molecule has 1 N–H and O–H groups in total. The quantitative estimate of drug-likeness (QED) is 0.304. The molecule has 0 fully saturated rings. The Balaban J connectivity index is 1.82. The van der Waals surface area contributed by atoms with Gasteiger partial charge in [-0.2, -0.15) is 0 Å². The summed E-state index contributed by atoms with van der Waals surface area (Å²) in [6.07, 6.45) is 2.82. The number of benzene rings is 2. The van der Waals surface area contributed by atoms with Crippen LogP contribution < -0.4 is 5.32 Å². The summed E-state index contributed by atoms with van der Waals surface area (Å²) in [5.41, 5.74) is 3.90. The molecule has 0 spiro atoms. The fraction of sp³-hybridized carbons (Fsp3) is 0.261. The minimum Gasteiger partial charge on any atom is -0.310 e. The van der Waals surface area contributed by atoms with Crippen molar-refractivity contribution in [3.05, 3.63) is 82.9 Å². The smallest absolute Gasteiger partial charge is 0.159 e. The number of halogens is 1. The van der Waals surface area contributed by atoms with Gasteiger partial charge in [0.25, 0.3) is 0 Å². The van der Waals surface area contributed by atoms with Crippen LogP contribution in [0.1, 0.15) is 36.1 Å². The molecule has 3 aromatic rings. The van der Waals surface area contributed by atoms with Gasteiger partial charge in [0.2, 0.25) is 0 Å². The van der Waals surface area contributed by atoms with Crippen LogP contribution in [0, 0.1) is 0 Å². The average Bonchev–Trinajstić information content (AvgIpc) is 3.08. The third-order valence-corrected chi connectivity index (χ3v) is 6.09. The van der Waals surface area contributed by atoms with Crippen molar-refractivity contribution in [2.24, 2.45) is 4.99 Å². The number of aromatic nitrogens is 3. The van der Waals surface area contributed by atoms with Crippen molar-refractivity contribution in [1.29, 1.82) is 0 Å². The lowest BCUT2D eigenvalue weighted by atomic mass is 10.0. The summed E-state index contributed by atoms with van der Waals surface area (Å²) in [6, 6.07) is 14.3. The van der Waals surface area contributed by atoms with Gasteiger partial charge in [-0.05, 0) is 43.0 Å². The van der Waals surface area contributed by atoms with Crippen molar-refractivity contribution in [2.75, 3.05) is 12.3 Å². The number of hydrogen-bond donors (Lipinski definition) is 1. The van der Waals surface area contributed by atoms with Crippen LogP contribution >= 0.6 is 23.4 Å². The summed E-state index contributed by atoms with van der Waals surface area (Å²) >= 11 is 8.35. The van der Waals surface area contributed by atoms with Gasteiger partial charge in [-0.15, -0.1) is 28.5 Å². The van der Waals surface area contributed by atoms with E-state index in [0.29, 0.717) is 18.1 Å². The number of aliphatic imine (C=N–C) groups is 1. The monoisotopic (exact) mass is 437 g/mol. The molecule has 7 heteroatoms. The molecule has 2 heterocycles. The molecule has 1 aromatic heterocycles. The molecule has 2 aromatic carbocycles. The summed E-state index contributed by atoms with van der Waals surface area (Å²) in [4.78, 5) is 6.11. The van der Waals surface area contributed by atoms with E-state index in [0.717, 1.165) is 52.9 Å². The normalized spacial score (nSPS) is 12.7. The lowest BCUT2D eigenvalue weighted by Crippen LogP contribution is -2.18. The van der Waals surface area contributed by atoms with Gasteiger partial charge in [0.1, 0.15) is 6.54 Å². The van der Waals surface area contributed by atoms with Crippen molar-refractivity contribution < 1.29 is 0 Å². The highest BCUT2D eigenvalue weighted by Crippen LogP contribution is 2.31. The Kier molecular flexibility index (Phi) is 6.67. The number of hydrogen-bond acceptors (Lipinski definition) is 5. The summed E-state index contributed by atoms with van der Waals surface area (Å²) in [6.45, 7) is 7.87. The predicted molar refractivity (Wildman–Crippen MR) is 125 cm³/mol. The van der Waals surface area contributed by atoms with Crippen molar-refractivity contribution in [3.63, 3.8) is 0 Å². The SMILES string of the molecule is C=CCCNCc1nnc2n1-c1cc(SCC)ccc1C(c1ccccc1Cl)=NC2. The average molecular weight is 438 g/mol. The van der Waals surface area contributed by atoms with Crippen molar-refractivity contribution in [3.8, 4) is 5.69 Å². The molecular weight excluding hydrogens is 414 g/mol. The van der Waals surface area contributed by atoms with Gasteiger partial charge >= 0.3 is 0 Å². The second-order valence-electron chi connectivity index (χ2n) is 6.88. The van der Waals surface area contributed by atoms with Gasteiger partial charge in [0.15, 0.2) is 11.6 Å². The van der Waals surface area contributed by atoms with Gasteiger partial charge in [0, 0.05) is 21.0 Å². The highest BCUT2D eigenvalue weighted by atomic mass is 35.5. The third kappa shape index (κ3) is 4.21. The molecule has 1 aliphatic rings. The second kappa shape index (κ2) is 9.60. The lowest BCUT2D eigenvalue weighted by Gasteiger charge is -2.16. The number of fused-ring (bicyclic) bond motifs is 3. The summed E-state index contributed by atoms with van der Waals surface area (Å²) in [5.74, 6) is 2.72. The zero-order valence-corrected chi connectivity index (χ0v) is 18.5. The first-order valence-electron chi connectivity index (χ1n) is 10.0. The fourth-order valence-electron chi connectivity index (χ4n) is 3.52. The highest BCUT2D eigenvalue weighted by molar-refractivity contribution is 7.99. The molecule has 0 amide bonds. The van der Waals surface area contributed by atoms with Crippen LogP contribution in [0.3, 0.4) is 0 Å².